The molecule has 0 saturated carbocycles. The van der Waals surface area contributed by atoms with Gasteiger partial charge in [0.1, 0.15) is 5.75 Å². The second kappa shape index (κ2) is 6.24. The van der Waals surface area contributed by atoms with E-state index in [4.69, 9.17) is 4.74 Å². The second-order valence-electron chi connectivity index (χ2n) is 4.63. The summed E-state index contributed by atoms with van der Waals surface area (Å²) in [4.78, 5) is 11.2. The molecule has 0 aliphatic carbocycles. The van der Waals surface area contributed by atoms with Gasteiger partial charge in [-0.3, -0.25) is 4.79 Å². The summed E-state index contributed by atoms with van der Waals surface area (Å²) in [6, 6.07) is 14.0. The Labute approximate surface area is 119 Å². The Bertz CT molecular complexity index is 600. The topological polar surface area (TPSA) is 35.5 Å². The van der Waals surface area contributed by atoms with Crippen molar-refractivity contribution in [2.45, 2.75) is 13.3 Å². The summed E-state index contributed by atoms with van der Waals surface area (Å²) in [6.45, 7) is 2.02. The predicted octanol–water partition coefficient (Wildman–Crippen LogP) is 3.39. The number of ether oxygens (including phenoxy) is 2. The highest BCUT2D eigenvalue weighted by atomic mass is 16.5. The first-order valence-electron chi connectivity index (χ1n) is 6.45. The maximum atomic E-state index is 11.2. The maximum absolute atomic E-state index is 11.2. The first kappa shape index (κ1) is 14.1. The molecular formula is C17H18O3. The van der Waals surface area contributed by atoms with Gasteiger partial charge in [-0.15, -0.1) is 0 Å². The largest absolute Gasteiger partial charge is 0.496 e. The fraction of sp³-hybridized carbons (Fsp3) is 0.235. The van der Waals surface area contributed by atoms with Crippen molar-refractivity contribution in [3.63, 3.8) is 0 Å². The number of methoxy groups -OCH3 is 2. The number of carbonyl (C=O) groups is 1. The van der Waals surface area contributed by atoms with E-state index in [9.17, 15) is 4.79 Å². The van der Waals surface area contributed by atoms with Crippen LogP contribution < -0.4 is 4.74 Å². The van der Waals surface area contributed by atoms with E-state index >= 15 is 0 Å². The molecule has 0 atom stereocenters. The number of hydrogen-bond donors (Lipinski definition) is 0. The lowest BCUT2D eigenvalue weighted by Crippen LogP contribution is -2.04. The van der Waals surface area contributed by atoms with Gasteiger partial charge in [-0.25, -0.2) is 0 Å². The van der Waals surface area contributed by atoms with E-state index < -0.39 is 0 Å². The minimum absolute atomic E-state index is 0.224. The Balaban J connectivity index is 2.21. The zero-order valence-electron chi connectivity index (χ0n) is 12.0. The van der Waals surface area contributed by atoms with Gasteiger partial charge in [0.2, 0.25) is 0 Å². The lowest BCUT2D eigenvalue weighted by Gasteiger charge is -2.08. The van der Waals surface area contributed by atoms with Crippen molar-refractivity contribution in [2.75, 3.05) is 14.2 Å². The van der Waals surface area contributed by atoms with Crippen LogP contribution in [0.4, 0.5) is 0 Å². The molecule has 0 N–H and O–H groups in total. The van der Waals surface area contributed by atoms with Crippen LogP contribution in [0, 0.1) is 6.92 Å². The van der Waals surface area contributed by atoms with Crippen molar-refractivity contribution in [3.8, 4) is 16.9 Å². The molecular weight excluding hydrogens is 252 g/mol. The van der Waals surface area contributed by atoms with Crippen LogP contribution in [0.5, 0.6) is 5.75 Å². The molecule has 0 bridgehead atoms. The third kappa shape index (κ3) is 3.18. The van der Waals surface area contributed by atoms with Crippen molar-refractivity contribution in [1.29, 1.82) is 0 Å². The fourth-order valence-electron chi connectivity index (χ4n) is 2.11. The highest BCUT2D eigenvalue weighted by Gasteiger charge is 2.05. The van der Waals surface area contributed by atoms with Crippen LogP contribution in [-0.2, 0) is 16.0 Å². The van der Waals surface area contributed by atoms with E-state index in [-0.39, 0.29) is 5.97 Å². The van der Waals surface area contributed by atoms with Gasteiger partial charge in [0.25, 0.3) is 0 Å². The monoisotopic (exact) mass is 270 g/mol. The van der Waals surface area contributed by atoms with Crippen LogP contribution >= 0.6 is 0 Å². The van der Waals surface area contributed by atoms with Crippen molar-refractivity contribution in [2.24, 2.45) is 0 Å². The summed E-state index contributed by atoms with van der Waals surface area (Å²) >= 11 is 0. The Hall–Kier alpha value is -2.29. The molecule has 0 aromatic heterocycles. The van der Waals surface area contributed by atoms with Gasteiger partial charge in [0.05, 0.1) is 20.6 Å². The summed E-state index contributed by atoms with van der Waals surface area (Å²) in [6.07, 6.45) is 0.304. The van der Waals surface area contributed by atoms with Gasteiger partial charge in [0, 0.05) is 0 Å². The lowest BCUT2D eigenvalue weighted by molar-refractivity contribution is -0.139. The number of rotatable bonds is 4. The first-order chi connectivity index (χ1) is 9.63. The molecule has 0 aliphatic heterocycles. The Morgan fingerprint density at radius 2 is 1.65 bits per heavy atom. The van der Waals surface area contributed by atoms with Gasteiger partial charge in [-0.05, 0) is 41.3 Å². The van der Waals surface area contributed by atoms with Gasteiger partial charge < -0.3 is 9.47 Å². The van der Waals surface area contributed by atoms with Gasteiger partial charge >= 0.3 is 5.97 Å². The van der Waals surface area contributed by atoms with E-state index in [1.165, 1.54) is 7.11 Å². The van der Waals surface area contributed by atoms with Crippen LogP contribution in [0.2, 0.25) is 0 Å². The van der Waals surface area contributed by atoms with E-state index in [1.54, 1.807) is 7.11 Å². The molecule has 0 heterocycles. The van der Waals surface area contributed by atoms with E-state index in [0.717, 1.165) is 28.0 Å². The van der Waals surface area contributed by atoms with Crippen LogP contribution in [0.15, 0.2) is 42.5 Å². The summed E-state index contributed by atoms with van der Waals surface area (Å²) in [5.41, 5.74) is 4.30. The fourth-order valence-corrected chi connectivity index (χ4v) is 2.11. The highest BCUT2D eigenvalue weighted by Crippen LogP contribution is 2.26. The predicted molar refractivity (Wildman–Crippen MR) is 78.9 cm³/mol. The maximum Gasteiger partial charge on any atom is 0.309 e. The van der Waals surface area contributed by atoms with Crippen LogP contribution in [0.1, 0.15) is 11.1 Å². The smallest absolute Gasteiger partial charge is 0.309 e. The average molecular weight is 270 g/mol. The molecule has 2 rings (SSSR count). The van der Waals surface area contributed by atoms with E-state index in [1.807, 2.05) is 43.3 Å². The first-order valence-corrected chi connectivity index (χ1v) is 6.45. The Morgan fingerprint density at radius 3 is 2.20 bits per heavy atom. The lowest BCUT2D eigenvalue weighted by atomic mass is 10.0. The van der Waals surface area contributed by atoms with Crippen LogP contribution in [-0.4, -0.2) is 20.2 Å². The summed E-state index contributed by atoms with van der Waals surface area (Å²) in [5.74, 6) is 0.661. The molecule has 0 fully saturated rings. The zero-order chi connectivity index (χ0) is 14.5. The summed E-state index contributed by atoms with van der Waals surface area (Å²) in [5, 5.41) is 0. The second-order valence-corrected chi connectivity index (χ2v) is 4.63. The minimum atomic E-state index is -0.224. The highest BCUT2D eigenvalue weighted by molar-refractivity contribution is 5.73. The van der Waals surface area contributed by atoms with E-state index in [0.29, 0.717) is 6.42 Å². The van der Waals surface area contributed by atoms with Crippen LogP contribution in [0.3, 0.4) is 0 Å². The quantitative estimate of drug-likeness (QED) is 0.799. The normalized spacial score (nSPS) is 10.2. The summed E-state index contributed by atoms with van der Waals surface area (Å²) < 4.78 is 9.92. The van der Waals surface area contributed by atoms with Gasteiger partial charge in [-0.2, -0.15) is 0 Å². The molecule has 0 spiro atoms. The third-order valence-corrected chi connectivity index (χ3v) is 3.26. The number of benzene rings is 2. The Morgan fingerprint density at radius 1 is 1.00 bits per heavy atom. The number of aryl methyl sites for hydroxylation is 1. The Kier molecular flexibility index (Phi) is 4.41. The molecule has 3 heteroatoms. The average Bonchev–Trinajstić information content (AvgIpc) is 2.47. The molecule has 0 saturated heterocycles. The van der Waals surface area contributed by atoms with E-state index in [2.05, 4.69) is 10.8 Å². The molecule has 3 nitrogen and oxygen atoms in total. The van der Waals surface area contributed by atoms with Gasteiger partial charge in [-0.1, -0.05) is 30.3 Å². The number of hydrogen-bond acceptors (Lipinski definition) is 3. The summed E-state index contributed by atoms with van der Waals surface area (Å²) in [7, 11) is 3.07. The molecule has 104 valence electrons. The minimum Gasteiger partial charge on any atom is -0.496 e. The molecule has 2 aromatic carbocycles. The SMILES string of the molecule is COC(=O)Cc1ccc(-c2ccc(OC)c(C)c2)cc1. The van der Waals surface area contributed by atoms with Crippen molar-refractivity contribution in [1.82, 2.24) is 0 Å². The van der Waals surface area contributed by atoms with Crippen molar-refractivity contribution in [3.05, 3.63) is 53.6 Å². The van der Waals surface area contributed by atoms with Crippen molar-refractivity contribution >= 4 is 5.97 Å². The third-order valence-electron chi connectivity index (χ3n) is 3.26. The molecule has 0 radical (unpaired) electrons. The van der Waals surface area contributed by atoms with Crippen molar-refractivity contribution < 1.29 is 14.3 Å². The number of esters is 1. The molecule has 0 amide bonds. The molecule has 0 aliphatic rings. The zero-order valence-corrected chi connectivity index (χ0v) is 12.0. The van der Waals surface area contributed by atoms with Crippen LogP contribution in [0.25, 0.3) is 11.1 Å². The number of carbonyl (C=O) groups excluding carboxylic acids is 1. The van der Waals surface area contributed by atoms with Gasteiger partial charge in [0.15, 0.2) is 0 Å². The molecule has 2 aromatic rings. The molecule has 0 unspecified atom stereocenters. The molecule has 20 heavy (non-hydrogen) atoms. The standard InChI is InChI=1S/C17H18O3/c1-12-10-15(8-9-16(12)19-2)14-6-4-13(5-7-14)11-17(18)20-3/h4-10H,11H2,1-3H3.